The normalized spacial score (nSPS) is 18.2. The predicted octanol–water partition coefficient (Wildman–Crippen LogP) is 1.67. The van der Waals surface area contributed by atoms with E-state index < -0.39 is 10.0 Å². The summed E-state index contributed by atoms with van der Waals surface area (Å²) in [5.74, 6) is -0.303. The van der Waals surface area contributed by atoms with E-state index in [2.05, 4.69) is 4.40 Å². The number of hydrogen-bond acceptors (Lipinski definition) is 4. The quantitative estimate of drug-likeness (QED) is 0.816. The van der Waals surface area contributed by atoms with Gasteiger partial charge >= 0.3 is 0 Å². The van der Waals surface area contributed by atoms with Gasteiger partial charge in [0.05, 0.1) is 11.3 Å². The fourth-order valence-corrected chi connectivity index (χ4v) is 3.66. The molecule has 0 N–H and O–H groups in total. The van der Waals surface area contributed by atoms with Crippen molar-refractivity contribution in [2.24, 2.45) is 4.40 Å². The molecule has 3 rings (SSSR count). The molecule has 2 aliphatic heterocycles. The van der Waals surface area contributed by atoms with Crippen LogP contribution in [0.1, 0.15) is 12.5 Å². The van der Waals surface area contributed by atoms with E-state index in [0.29, 0.717) is 30.1 Å². The predicted molar refractivity (Wildman–Crippen MR) is 92.6 cm³/mol. The Kier molecular flexibility index (Phi) is 4.71. The number of rotatable bonds is 4. The number of halogens is 1. The van der Waals surface area contributed by atoms with Crippen LogP contribution in [0, 0.1) is 5.82 Å². The number of carbonyl (C=O) groups is 1. The first-order chi connectivity index (χ1) is 11.9. The van der Waals surface area contributed by atoms with Crippen molar-refractivity contribution >= 4 is 21.8 Å². The Morgan fingerprint density at radius 3 is 2.88 bits per heavy atom. The molecule has 6 nitrogen and oxygen atoms in total. The maximum atomic E-state index is 13.3. The summed E-state index contributed by atoms with van der Waals surface area (Å²) in [6.07, 6.45) is 4.71. The molecular weight excluding hydrogens is 345 g/mol. The van der Waals surface area contributed by atoms with E-state index in [1.807, 2.05) is 6.92 Å². The monoisotopic (exact) mass is 363 g/mol. The second-order valence-corrected chi connectivity index (χ2v) is 7.55. The smallest absolute Gasteiger partial charge is 0.256 e. The molecule has 0 saturated heterocycles. The number of nitrogens with zero attached hydrogens (tertiary/aromatic N) is 3. The highest BCUT2D eigenvalue weighted by Gasteiger charge is 2.26. The Bertz CT molecular complexity index is 890. The molecule has 2 aliphatic rings. The van der Waals surface area contributed by atoms with E-state index in [4.69, 9.17) is 0 Å². The molecule has 0 bridgehead atoms. The van der Waals surface area contributed by atoms with Crippen molar-refractivity contribution in [3.63, 3.8) is 0 Å². The first kappa shape index (κ1) is 17.3. The van der Waals surface area contributed by atoms with Crippen LogP contribution in [0.2, 0.25) is 0 Å². The maximum Gasteiger partial charge on any atom is 0.256 e. The summed E-state index contributed by atoms with van der Waals surface area (Å²) in [7, 11) is -3.42. The molecule has 0 atom stereocenters. The Morgan fingerprint density at radius 2 is 2.16 bits per heavy atom. The maximum absolute atomic E-state index is 13.3. The average molecular weight is 363 g/mol. The van der Waals surface area contributed by atoms with E-state index in [-0.39, 0.29) is 24.0 Å². The SMILES string of the molecule is CCN(Cc1cccc(F)c1)C(=O)C1=CN2CCS(=O)(=O)N=C2C=C1. The lowest BCUT2D eigenvalue weighted by atomic mass is 10.1. The summed E-state index contributed by atoms with van der Waals surface area (Å²) in [6, 6.07) is 6.14. The molecule has 1 aromatic rings. The van der Waals surface area contributed by atoms with Gasteiger partial charge in [0.2, 0.25) is 0 Å². The standard InChI is InChI=1S/C17H18FN3O3S/c1-2-20(11-13-4-3-5-15(18)10-13)17(22)14-6-7-16-19-25(23,24)9-8-21(16)12-14/h3-7,10,12H,2,8-9,11H2,1H3. The third-order valence-corrected chi connectivity index (χ3v) is 5.17. The first-order valence-electron chi connectivity index (χ1n) is 7.91. The van der Waals surface area contributed by atoms with Gasteiger partial charge in [-0.3, -0.25) is 4.79 Å². The Labute approximate surface area is 146 Å². The molecule has 0 spiro atoms. The van der Waals surface area contributed by atoms with Gasteiger partial charge in [-0.15, -0.1) is 4.40 Å². The molecule has 2 heterocycles. The van der Waals surface area contributed by atoms with Gasteiger partial charge in [-0.05, 0) is 36.8 Å². The average Bonchev–Trinajstić information content (AvgIpc) is 2.58. The second kappa shape index (κ2) is 6.79. The van der Waals surface area contributed by atoms with E-state index in [1.54, 1.807) is 34.2 Å². The minimum Gasteiger partial charge on any atom is -0.335 e. The van der Waals surface area contributed by atoms with Crippen molar-refractivity contribution in [3.8, 4) is 0 Å². The highest BCUT2D eigenvalue weighted by molar-refractivity contribution is 7.90. The molecule has 0 aliphatic carbocycles. The van der Waals surface area contributed by atoms with E-state index in [1.165, 1.54) is 18.2 Å². The number of likely N-dealkylation sites (N-methyl/N-ethyl adjacent to an activating group) is 1. The van der Waals surface area contributed by atoms with Crippen LogP contribution in [-0.4, -0.2) is 48.8 Å². The van der Waals surface area contributed by atoms with Gasteiger partial charge in [-0.2, -0.15) is 0 Å². The summed E-state index contributed by atoms with van der Waals surface area (Å²) >= 11 is 0. The molecule has 1 amide bonds. The van der Waals surface area contributed by atoms with Gasteiger partial charge in [0, 0.05) is 25.8 Å². The van der Waals surface area contributed by atoms with Gasteiger partial charge in [0.15, 0.2) is 0 Å². The molecule has 0 fully saturated rings. The number of benzene rings is 1. The molecule has 0 aromatic heterocycles. The highest BCUT2D eigenvalue weighted by Crippen LogP contribution is 2.18. The number of hydrogen-bond donors (Lipinski definition) is 0. The zero-order valence-corrected chi connectivity index (χ0v) is 14.5. The second-order valence-electron chi connectivity index (χ2n) is 5.80. The molecule has 0 saturated carbocycles. The summed E-state index contributed by atoms with van der Waals surface area (Å²) in [5.41, 5.74) is 1.15. The fourth-order valence-electron chi connectivity index (χ4n) is 2.69. The van der Waals surface area contributed by atoms with Crippen LogP contribution >= 0.6 is 0 Å². The van der Waals surface area contributed by atoms with Gasteiger partial charge in [-0.25, -0.2) is 12.8 Å². The Morgan fingerprint density at radius 1 is 1.36 bits per heavy atom. The lowest BCUT2D eigenvalue weighted by molar-refractivity contribution is -0.127. The molecular formula is C17H18FN3O3S. The lowest BCUT2D eigenvalue weighted by Gasteiger charge is -2.29. The summed E-state index contributed by atoms with van der Waals surface area (Å²) < 4.78 is 40.1. The summed E-state index contributed by atoms with van der Waals surface area (Å²) in [6.45, 7) is 2.88. The number of amides is 1. The Balaban J connectivity index is 1.78. The van der Waals surface area contributed by atoms with Crippen LogP contribution in [0.3, 0.4) is 0 Å². The lowest BCUT2D eigenvalue weighted by Crippen LogP contribution is -2.39. The third kappa shape index (κ3) is 3.96. The van der Waals surface area contributed by atoms with Crippen molar-refractivity contribution in [2.75, 3.05) is 18.8 Å². The van der Waals surface area contributed by atoms with Crippen LogP contribution in [0.15, 0.2) is 52.6 Å². The molecule has 8 heteroatoms. The van der Waals surface area contributed by atoms with Crippen LogP contribution in [0.5, 0.6) is 0 Å². The summed E-state index contributed by atoms with van der Waals surface area (Å²) in [5, 5.41) is 0. The van der Waals surface area contributed by atoms with Crippen molar-refractivity contribution < 1.29 is 17.6 Å². The van der Waals surface area contributed by atoms with Crippen LogP contribution < -0.4 is 0 Å². The van der Waals surface area contributed by atoms with Gasteiger partial charge < -0.3 is 9.80 Å². The van der Waals surface area contributed by atoms with Crippen LogP contribution in [0.4, 0.5) is 4.39 Å². The van der Waals surface area contributed by atoms with E-state index in [0.717, 1.165) is 0 Å². The topological polar surface area (TPSA) is 70.1 Å². The fraction of sp³-hybridized carbons (Fsp3) is 0.294. The zero-order chi connectivity index (χ0) is 18.0. The molecule has 25 heavy (non-hydrogen) atoms. The number of fused-ring (bicyclic) bond motifs is 1. The molecule has 132 valence electrons. The molecule has 0 unspecified atom stereocenters. The van der Waals surface area contributed by atoms with E-state index in [9.17, 15) is 17.6 Å². The number of amidine groups is 1. The minimum absolute atomic E-state index is 0.0803. The van der Waals surface area contributed by atoms with Gasteiger partial charge in [0.25, 0.3) is 15.9 Å². The van der Waals surface area contributed by atoms with Crippen molar-refractivity contribution in [3.05, 3.63) is 59.6 Å². The zero-order valence-electron chi connectivity index (χ0n) is 13.7. The van der Waals surface area contributed by atoms with Gasteiger partial charge in [-0.1, -0.05) is 12.1 Å². The highest BCUT2D eigenvalue weighted by atomic mass is 32.2. The van der Waals surface area contributed by atoms with Crippen LogP contribution in [0.25, 0.3) is 0 Å². The van der Waals surface area contributed by atoms with Crippen molar-refractivity contribution in [1.29, 1.82) is 0 Å². The van der Waals surface area contributed by atoms with Crippen LogP contribution in [-0.2, 0) is 21.4 Å². The van der Waals surface area contributed by atoms with Crippen molar-refractivity contribution in [1.82, 2.24) is 9.80 Å². The minimum atomic E-state index is -3.42. The third-order valence-electron chi connectivity index (χ3n) is 4.00. The number of carbonyl (C=O) groups excluding carboxylic acids is 1. The Hall–Kier alpha value is -2.48. The molecule has 0 radical (unpaired) electrons. The first-order valence-corrected chi connectivity index (χ1v) is 9.52. The number of sulfonamides is 1. The van der Waals surface area contributed by atoms with Gasteiger partial charge in [0.1, 0.15) is 11.7 Å². The summed E-state index contributed by atoms with van der Waals surface area (Å²) in [4.78, 5) is 16.0. The van der Waals surface area contributed by atoms with Crippen molar-refractivity contribution in [2.45, 2.75) is 13.5 Å². The largest absolute Gasteiger partial charge is 0.335 e. The van der Waals surface area contributed by atoms with E-state index >= 15 is 0 Å². The molecule has 1 aromatic carbocycles.